The zero-order valence-electron chi connectivity index (χ0n) is 13.5. The highest BCUT2D eigenvalue weighted by Crippen LogP contribution is 2.20. The van der Waals surface area contributed by atoms with Crippen molar-refractivity contribution in [3.8, 4) is 0 Å². The summed E-state index contributed by atoms with van der Waals surface area (Å²) in [5.41, 5.74) is 6.93. The maximum absolute atomic E-state index is 12.4. The van der Waals surface area contributed by atoms with Crippen LogP contribution in [0, 0.1) is 0 Å². The highest BCUT2D eigenvalue weighted by molar-refractivity contribution is 7.93. The van der Waals surface area contributed by atoms with Crippen molar-refractivity contribution in [3.63, 3.8) is 0 Å². The number of nitrogens with one attached hydrogen (secondary N) is 3. The van der Waals surface area contributed by atoms with Gasteiger partial charge >= 0.3 is 5.97 Å². The molecule has 0 radical (unpaired) electrons. The molecule has 0 saturated carbocycles. The van der Waals surface area contributed by atoms with Crippen LogP contribution in [0.15, 0.2) is 24.3 Å². The number of benzene rings is 1. The fourth-order valence-electron chi connectivity index (χ4n) is 2.30. The Morgan fingerprint density at radius 1 is 1.30 bits per heavy atom. The van der Waals surface area contributed by atoms with E-state index in [2.05, 4.69) is 29.4 Å². The standard InChI is InChI=1S/C15H23N3O4S/c1-4-22-15(19)13-9-14(17-16-13)23(20,21)18-12-7-5-11(6-8-12)10(2)3/h5-8,10,13-14,16-18H,4,9H2,1-3H3. The van der Waals surface area contributed by atoms with Crippen LogP contribution in [0.25, 0.3) is 0 Å². The van der Waals surface area contributed by atoms with Crippen molar-refractivity contribution >= 4 is 21.7 Å². The van der Waals surface area contributed by atoms with Gasteiger partial charge in [0.15, 0.2) is 0 Å². The van der Waals surface area contributed by atoms with Crippen LogP contribution in [0.4, 0.5) is 5.69 Å². The van der Waals surface area contributed by atoms with E-state index >= 15 is 0 Å². The molecule has 0 amide bonds. The number of hydrogen-bond donors (Lipinski definition) is 3. The Labute approximate surface area is 136 Å². The summed E-state index contributed by atoms with van der Waals surface area (Å²) in [7, 11) is -3.66. The summed E-state index contributed by atoms with van der Waals surface area (Å²) in [4.78, 5) is 11.6. The number of hydrazine groups is 1. The van der Waals surface area contributed by atoms with Crippen LogP contribution in [-0.2, 0) is 19.6 Å². The monoisotopic (exact) mass is 341 g/mol. The van der Waals surface area contributed by atoms with Crippen molar-refractivity contribution in [3.05, 3.63) is 29.8 Å². The number of anilines is 1. The summed E-state index contributed by atoms with van der Waals surface area (Å²) in [6.45, 7) is 6.11. The predicted molar refractivity (Wildman–Crippen MR) is 88.2 cm³/mol. The van der Waals surface area contributed by atoms with Gasteiger partial charge in [-0.1, -0.05) is 26.0 Å². The zero-order valence-corrected chi connectivity index (χ0v) is 14.3. The van der Waals surface area contributed by atoms with Crippen LogP contribution in [0.1, 0.15) is 38.7 Å². The lowest BCUT2D eigenvalue weighted by molar-refractivity contribution is -0.145. The van der Waals surface area contributed by atoms with Crippen LogP contribution < -0.4 is 15.6 Å². The van der Waals surface area contributed by atoms with Gasteiger partial charge in [-0.2, -0.15) is 0 Å². The van der Waals surface area contributed by atoms with Gasteiger partial charge < -0.3 is 4.74 Å². The molecule has 1 aromatic rings. The molecule has 3 N–H and O–H groups in total. The van der Waals surface area contributed by atoms with Crippen molar-refractivity contribution < 1.29 is 17.9 Å². The number of ether oxygens (including phenoxy) is 1. The van der Waals surface area contributed by atoms with E-state index in [1.165, 1.54) is 0 Å². The minimum Gasteiger partial charge on any atom is -0.465 e. The molecule has 2 rings (SSSR count). The maximum atomic E-state index is 12.4. The minimum atomic E-state index is -3.66. The van der Waals surface area contributed by atoms with Crippen molar-refractivity contribution in [1.82, 2.24) is 10.9 Å². The Morgan fingerprint density at radius 2 is 1.96 bits per heavy atom. The number of hydrogen-bond acceptors (Lipinski definition) is 6. The number of carbonyl (C=O) groups excluding carboxylic acids is 1. The zero-order chi connectivity index (χ0) is 17.0. The highest BCUT2D eigenvalue weighted by Gasteiger charge is 2.37. The first-order valence-corrected chi connectivity index (χ1v) is 9.17. The molecule has 7 nitrogen and oxygen atoms in total. The third kappa shape index (κ3) is 4.43. The van der Waals surface area contributed by atoms with E-state index in [-0.39, 0.29) is 13.0 Å². The number of sulfonamides is 1. The molecule has 1 fully saturated rings. The lowest BCUT2D eigenvalue weighted by Crippen LogP contribution is -2.41. The Bertz CT molecular complexity index is 643. The summed E-state index contributed by atoms with van der Waals surface area (Å²) >= 11 is 0. The van der Waals surface area contributed by atoms with Gasteiger partial charge in [-0.15, -0.1) is 0 Å². The van der Waals surface area contributed by atoms with E-state index in [9.17, 15) is 13.2 Å². The molecular weight excluding hydrogens is 318 g/mol. The van der Waals surface area contributed by atoms with Crippen LogP contribution in [0.3, 0.4) is 0 Å². The molecule has 0 bridgehead atoms. The molecule has 23 heavy (non-hydrogen) atoms. The molecule has 2 atom stereocenters. The Morgan fingerprint density at radius 3 is 2.52 bits per heavy atom. The second kappa shape index (κ2) is 7.29. The highest BCUT2D eigenvalue weighted by atomic mass is 32.2. The number of carbonyl (C=O) groups is 1. The third-order valence-electron chi connectivity index (χ3n) is 3.65. The summed E-state index contributed by atoms with van der Waals surface area (Å²) in [5.74, 6) is -0.0781. The van der Waals surface area contributed by atoms with E-state index in [1.807, 2.05) is 12.1 Å². The average molecular weight is 341 g/mol. The van der Waals surface area contributed by atoms with E-state index < -0.39 is 27.4 Å². The molecule has 1 aliphatic rings. The Kier molecular flexibility index (Phi) is 5.61. The van der Waals surface area contributed by atoms with Crippen LogP contribution in [-0.4, -0.2) is 32.4 Å². The number of esters is 1. The molecule has 0 aromatic heterocycles. The lowest BCUT2D eigenvalue weighted by atomic mass is 10.0. The summed E-state index contributed by atoms with van der Waals surface area (Å²) in [6.07, 6.45) is 0.109. The van der Waals surface area contributed by atoms with Gasteiger partial charge in [0.1, 0.15) is 11.4 Å². The van der Waals surface area contributed by atoms with Gasteiger partial charge in [0, 0.05) is 12.1 Å². The van der Waals surface area contributed by atoms with E-state index in [4.69, 9.17) is 4.74 Å². The predicted octanol–water partition coefficient (Wildman–Crippen LogP) is 1.31. The largest absolute Gasteiger partial charge is 0.465 e. The molecule has 1 aliphatic heterocycles. The maximum Gasteiger partial charge on any atom is 0.324 e. The van der Waals surface area contributed by atoms with Crippen molar-refractivity contribution in [2.45, 2.75) is 44.5 Å². The summed E-state index contributed by atoms with van der Waals surface area (Å²) in [6, 6.07) is 6.59. The lowest BCUT2D eigenvalue weighted by Gasteiger charge is -2.14. The molecule has 128 valence electrons. The van der Waals surface area contributed by atoms with Crippen LogP contribution in [0.5, 0.6) is 0 Å². The molecule has 2 unspecified atom stereocenters. The fourth-order valence-corrected chi connectivity index (χ4v) is 3.58. The molecule has 1 saturated heterocycles. The summed E-state index contributed by atoms with van der Waals surface area (Å²) < 4.78 is 32.2. The van der Waals surface area contributed by atoms with Crippen LogP contribution >= 0.6 is 0 Å². The van der Waals surface area contributed by atoms with Gasteiger partial charge in [0.05, 0.1) is 6.61 Å². The van der Waals surface area contributed by atoms with E-state index in [0.29, 0.717) is 11.6 Å². The van der Waals surface area contributed by atoms with Gasteiger partial charge in [-0.25, -0.2) is 19.3 Å². The third-order valence-corrected chi connectivity index (χ3v) is 5.23. The topological polar surface area (TPSA) is 96.5 Å². The second-order valence-corrected chi connectivity index (χ2v) is 7.60. The first-order chi connectivity index (χ1) is 10.8. The molecule has 0 aliphatic carbocycles. The van der Waals surface area contributed by atoms with Gasteiger partial charge in [0.2, 0.25) is 10.0 Å². The molecule has 0 spiro atoms. The van der Waals surface area contributed by atoms with Crippen LogP contribution in [0.2, 0.25) is 0 Å². The fraction of sp³-hybridized carbons (Fsp3) is 0.533. The first-order valence-electron chi connectivity index (χ1n) is 7.62. The van der Waals surface area contributed by atoms with Gasteiger partial charge in [-0.05, 0) is 30.5 Å². The molecule has 1 heterocycles. The van der Waals surface area contributed by atoms with E-state index in [1.54, 1.807) is 19.1 Å². The summed E-state index contributed by atoms with van der Waals surface area (Å²) in [5, 5.41) is -0.901. The van der Waals surface area contributed by atoms with E-state index in [0.717, 1.165) is 5.56 Å². The Hall–Kier alpha value is -1.64. The second-order valence-electron chi connectivity index (χ2n) is 5.74. The smallest absolute Gasteiger partial charge is 0.324 e. The van der Waals surface area contributed by atoms with Gasteiger partial charge in [-0.3, -0.25) is 9.52 Å². The van der Waals surface area contributed by atoms with Crippen molar-refractivity contribution in [2.75, 3.05) is 11.3 Å². The molecule has 8 heteroatoms. The molecular formula is C15H23N3O4S. The average Bonchev–Trinajstić information content (AvgIpc) is 2.98. The first kappa shape index (κ1) is 17.7. The molecule has 1 aromatic carbocycles. The normalized spacial score (nSPS) is 21.4. The Balaban J connectivity index is 2.01. The number of rotatable bonds is 6. The SMILES string of the molecule is CCOC(=O)C1CC(S(=O)(=O)Nc2ccc(C(C)C)cc2)NN1. The van der Waals surface area contributed by atoms with Crippen molar-refractivity contribution in [2.24, 2.45) is 0 Å². The minimum absolute atomic E-state index is 0.109. The van der Waals surface area contributed by atoms with Crippen molar-refractivity contribution in [1.29, 1.82) is 0 Å². The quantitative estimate of drug-likeness (QED) is 0.675. The van der Waals surface area contributed by atoms with Gasteiger partial charge in [0.25, 0.3) is 0 Å².